The zero-order chi connectivity index (χ0) is 16.5. The third-order valence-electron chi connectivity index (χ3n) is 6.65. The molecule has 0 radical (unpaired) electrons. The Morgan fingerprint density at radius 3 is 2.42 bits per heavy atom. The van der Waals surface area contributed by atoms with Crippen molar-refractivity contribution in [2.24, 2.45) is 17.8 Å². The summed E-state index contributed by atoms with van der Waals surface area (Å²) in [5, 5.41) is 3.48. The summed E-state index contributed by atoms with van der Waals surface area (Å²) in [5.41, 5.74) is 3.59. The van der Waals surface area contributed by atoms with Crippen LogP contribution in [0.15, 0.2) is 18.3 Å². The van der Waals surface area contributed by atoms with Crippen molar-refractivity contribution in [1.29, 1.82) is 0 Å². The molecule has 126 valence electrons. The predicted octanol–water partition coefficient (Wildman–Crippen LogP) is 3.65. The molecule has 0 unspecified atom stereocenters. The number of aromatic nitrogens is 2. The first-order valence-corrected chi connectivity index (χ1v) is 9.30. The molecule has 4 saturated carbocycles. The Morgan fingerprint density at radius 2 is 1.79 bits per heavy atom. The predicted molar refractivity (Wildman–Crippen MR) is 93.0 cm³/mol. The van der Waals surface area contributed by atoms with Gasteiger partial charge in [0, 0.05) is 11.7 Å². The molecule has 0 aliphatic heterocycles. The molecular weight excluding hydrogens is 298 g/mol. The Bertz CT molecular complexity index is 799. The van der Waals surface area contributed by atoms with Crippen LogP contribution in [-0.4, -0.2) is 20.8 Å². The highest BCUT2D eigenvalue weighted by atomic mass is 16.2. The van der Waals surface area contributed by atoms with Gasteiger partial charge in [0.2, 0.25) is 0 Å². The van der Waals surface area contributed by atoms with E-state index in [1.807, 2.05) is 36.6 Å². The fraction of sp³-hybridized carbons (Fsp3) is 0.600. The summed E-state index contributed by atoms with van der Waals surface area (Å²) in [4.78, 5) is 17.8. The fourth-order valence-corrected chi connectivity index (χ4v) is 6.15. The minimum Gasteiger partial charge on any atom is -0.345 e. The summed E-state index contributed by atoms with van der Waals surface area (Å²) in [5.74, 6) is 2.57. The van der Waals surface area contributed by atoms with Gasteiger partial charge in [-0.15, -0.1) is 0 Å². The highest BCUT2D eigenvalue weighted by molar-refractivity contribution is 5.95. The second-order valence-corrected chi connectivity index (χ2v) is 8.58. The van der Waals surface area contributed by atoms with Gasteiger partial charge in [-0.3, -0.25) is 9.20 Å². The standard InChI is InChI=1S/C20H25N3O/c1-12-4-3-5-23-17(13(2)21-18(12)23)19(24)22-20-9-14-6-15(10-20)8-16(7-14)11-20/h3-5,14-16H,6-11H2,1-2H3,(H,22,24). The van der Waals surface area contributed by atoms with Crippen LogP contribution in [-0.2, 0) is 0 Å². The number of nitrogens with zero attached hydrogens (tertiary/aromatic N) is 2. The van der Waals surface area contributed by atoms with E-state index >= 15 is 0 Å². The first-order chi connectivity index (χ1) is 11.5. The van der Waals surface area contributed by atoms with Gasteiger partial charge < -0.3 is 5.32 Å². The fourth-order valence-electron chi connectivity index (χ4n) is 6.15. The zero-order valence-corrected chi connectivity index (χ0v) is 14.5. The minimum atomic E-state index is 0.0479. The topological polar surface area (TPSA) is 46.4 Å². The number of nitrogens with one attached hydrogen (secondary N) is 1. The van der Waals surface area contributed by atoms with E-state index < -0.39 is 0 Å². The number of hydrogen-bond acceptors (Lipinski definition) is 2. The van der Waals surface area contributed by atoms with E-state index in [0.29, 0.717) is 5.69 Å². The van der Waals surface area contributed by atoms with Gasteiger partial charge in [0.15, 0.2) is 0 Å². The SMILES string of the molecule is Cc1nc2c(C)cccn2c1C(=O)NC12CC3CC(CC(C3)C1)C2. The van der Waals surface area contributed by atoms with Crippen LogP contribution in [0.2, 0.25) is 0 Å². The summed E-state index contributed by atoms with van der Waals surface area (Å²) in [6, 6.07) is 4.04. The molecule has 0 atom stereocenters. The lowest BCUT2D eigenvalue weighted by Gasteiger charge is -2.56. The molecule has 0 saturated heterocycles. The van der Waals surface area contributed by atoms with E-state index in [-0.39, 0.29) is 11.4 Å². The summed E-state index contributed by atoms with van der Waals surface area (Å²) in [7, 11) is 0. The molecule has 2 aromatic heterocycles. The molecule has 24 heavy (non-hydrogen) atoms. The van der Waals surface area contributed by atoms with Gasteiger partial charge in [-0.2, -0.15) is 0 Å². The second-order valence-electron chi connectivity index (χ2n) is 8.58. The van der Waals surface area contributed by atoms with E-state index in [0.717, 1.165) is 34.7 Å². The highest BCUT2D eigenvalue weighted by Gasteiger charge is 2.51. The highest BCUT2D eigenvalue weighted by Crippen LogP contribution is 2.55. The molecule has 4 nitrogen and oxygen atoms in total. The number of hydrogen-bond donors (Lipinski definition) is 1. The molecule has 4 aliphatic rings. The normalized spacial score (nSPS) is 34.0. The summed E-state index contributed by atoms with van der Waals surface area (Å²) in [6.45, 7) is 3.99. The van der Waals surface area contributed by atoms with Gasteiger partial charge in [-0.1, -0.05) is 6.07 Å². The van der Waals surface area contributed by atoms with Crippen LogP contribution >= 0.6 is 0 Å². The average molecular weight is 323 g/mol. The maximum atomic E-state index is 13.2. The van der Waals surface area contributed by atoms with Crippen molar-refractivity contribution in [1.82, 2.24) is 14.7 Å². The molecule has 6 rings (SSSR count). The van der Waals surface area contributed by atoms with Crippen LogP contribution in [0.4, 0.5) is 0 Å². The van der Waals surface area contributed by atoms with Crippen LogP contribution in [0.1, 0.15) is 60.3 Å². The summed E-state index contributed by atoms with van der Waals surface area (Å²) >= 11 is 0. The first-order valence-electron chi connectivity index (χ1n) is 9.30. The van der Waals surface area contributed by atoms with Gasteiger partial charge in [0.1, 0.15) is 11.3 Å². The Balaban J connectivity index is 1.50. The van der Waals surface area contributed by atoms with Gasteiger partial charge in [0.05, 0.1) is 5.69 Å². The lowest BCUT2D eigenvalue weighted by molar-refractivity contribution is -0.0168. The number of aryl methyl sites for hydroxylation is 2. The van der Waals surface area contributed by atoms with Crippen molar-refractivity contribution in [3.63, 3.8) is 0 Å². The average Bonchev–Trinajstić information content (AvgIpc) is 2.83. The maximum Gasteiger partial charge on any atom is 0.270 e. The van der Waals surface area contributed by atoms with E-state index in [4.69, 9.17) is 0 Å². The Labute approximate surface area is 142 Å². The van der Waals surface area contributed by atoms with Gasteiger partial charge >= 0.3 is 0 Å². The van der Waals surface area contributed by atoms with Crippen molar-refractivity contribution >= 4 is 11.6 Å². The molecule has 2 heterocycles. The molecule has 4 aliphatic carbocycles. The van der Waals surface area contributed by atoms with Crippen LogP contribution in [0.5, 0.6) is 0 Å². The number of fused-ring (bicyclic) bond motifs is 1. The molecular formula is C20H25N3O. The summed E-state index contributed by atoms with van der Waals surface area (Å²) < 4.78 is 1.96. The largest absolute Gasteiger partial charge is 0.345 e. The molecule has 1 amide bonds. The van der Waals surface area contributed by atoms with Crippen molar-refractivity contribution in [2.45, 2.75) is 57.9 Å². The molecule has 1 N–H and O–H groups in total. The van der Waals surface area contributed by atoms with Crippen LogP contribution in [0.3, 0.4) is 0 Å². The van der Waals surface area contributed by atoms with Crippen molar-refractivity contribution in [3.8, 4) is 0 Å². The van der Waals surface area contributed by atoms with Crippen LogP contribution in [0, 0.1) is 31.6 Å². The number of carbonyl (C=O) groups excluding carboxylic acids is 1. The molecule has 4 bridgehead atoms. The Kier molecular flexibility index (Phi) is 2.92. The van der Waals surface area contributed by atoms with E-state index in [1.54, 1.807) is 0 Å². The van der Waals surface area contributed by atoms with Crippen molar-refractivity contribution < 1.29 is 4.79 Å². The quantitative estimate of drug-likeness (QED) is 0.917. The maximum absolute atomic E-state index is 13.2. The third kappa shape index (κ3) is 2.04. The Hall–Kier alpha value is -1.84. The van der Waals surface area contributed by atoms with Crippen molar-refractivity contribution in [2.75, 3.05) is 0 Å². The smallest absolute Gasteiger partial charge is 0.270 e. The van der Waals surface area contributed by atoms with Crippen LogP contribution < -0.4 is 5.32 Å². The molecule has 0 aromatic carbocycles. The molecule has 4 fully saturated rings. The third-order valence-corrected chi connectivity index (χ3v) is 6.65. The lowest BCUT2D eigenvalue weighted by Crippen LogP contribution is -2.60. The first kappa shape index (κ1) is 14.5. The number of imidazole rings is 1. The monoisotopic (exact) mass is 323 g/mol. The Morgan fingerprint density at radius 1 is 1.17 bits per heavy atom. The van der Waals surface area contributed by atoms with Gasteiger partial charge in [-0.05, 0) is 81.8 Å². The second kappa shape index (κ2) is 4.84. The molecule has 0 spiro atoms. The van der Waals surface area contributed by atoms with Crippen molar-refractivity contribution in [3.05, 3.63) is 35.3 Å². The number of pyridine rings is 1. The minimum absolute atomic E-state index is 0.0479. The van der Waals surface area contributed by atoms with Crippen LogP contribution in [0.25, 0.3) is 5.65 Å². The van der Waals surface area contributed by atoms with E-state index in [2.05, 4.69) is 10.3 Å². The number of carbonyl (C=O) groups is 1. The van der Waals surface area contributed by atoms with Gasteiger partial charge in [-0.25, -0.2) is 4.98 Å². The zero-order valence-electron chi connectivity index (χ0n) is 14.5. The molecule has 4 heteroatoms. The number of amides is 1. The number of rotatable bonds is 2. The summed E-state index contributed by atoms with van der Waals surface area (Å²) in [6.07, 6.45) is 9.67. The lowest BCUT2D eigenvalue weighted by atomic mass is 9.53. The van der Waals surface area contributed by atoms with Gasteiger partial charge in [0.25, 0.3) is 5.91 Å². The van der Waals surface area contributed by atoms with E-state index in [1.165, 1.54) is 38.5 Å². The van der Waals surface area contributed by atoms with E-state index in [9.17, 15) is 4.79 Å². The molecule has 2 aromatic rings.